The van der Waals surface area contributed by atoms with Crippen LogP contribution in [-0.2, 0) is 4.79 Å². The topological polar surface area (TPSA) is 58.4 Å². The minimum atomic E-state index is 0.136. The highest BCUT2D eigenvalue weighted by Crippen LogP contribution is 2.34. The van der Waals surface area contributed by atoms with E-state index in [1.807, 2.05) is 0 Å². The lowest BCUT2D eigenvalue weighted by molar-refractivity contribution is -0.122. The van der Waals surface area contributed by atoms with Crippen molar-refractivity contribution in [1.29, 1.82) is 0 Å². The van der Waals surface area contributed by atoms with Gasteiger partial charge in [-0.3, -0.25) is 9.69 Å². The van der Waals surface area contributed by atoms with Gasteiger partial charge < -0.3 is 11.1 Å². The maximum atomic E-state index is 11.8. The lowest BCUT2D eigenvalue weighted by Crippen LogP contribution is -2.43. The molecule has 0 saturated carbocycles. The molecule has 1 aliphatic rings. The first-order chi connectivity index (χ1) is 8.88. The van der Waals surface area contributed by atoms with Crippen LogP contribution in [0, 0.1) is 11.3 Å². The summed E-state index contributed by atoms with van der Waals surface area (Å²) in [5.41, 5.74) is 6.21. The van der Waals surface area contributed by atoms with Crippen LogP contribution in [0.15, 0.2) is 0 Å². The molecule has 0 bridgehead atoms. The zero-order chi connectivity index (χ0) is 14.5. The fourth-order valence-electron chi connectivity index (χ4n) is 2.74. The molecule has 0 aliphatic carbocycles. The largest absolute Gasteiger partial charge is 0.356 e. The molecule has 2 atom stereocenters. The van der Waals surface area contributed by atoms with Crippen LogP contribution in [-0.4, -0.2) is 43.0 Å². The third-order valence-corrected chi connectivity index (χ3v) is 4.23. The summed E-state index contributed by atoms with van der Waals surface area (Å²) in [6.07, 6.45) is 2.73. The Morgan fingerprint density at radius 2 is 2.16 bits per heavy atom. The molecule has 1 amide bonds. The number of hydrogen-bond donors (Lipinski definition) is 2. The summed E-state index contributed by atoms with van der Waals surface area (Å²) in [5.74, 6) is 0.844. The number of amides is 1. The predicted molar refractivity (Wildman–Crippen MR) is 79.9 cm³/mol. The van der Waals surface area contributed by atoms with Crippen LogP contribution in [0.3, 0.4) is 0 Å². The van der Waals surface area contributed by atoms with E-state index < -0.39 is 0 Å². The van der Waals surface area contributed by atoms with Crippen molar-refractivity contribution in [2.45, 2.75) is 53.0 Å². The first-order valence-corrected chi connectivity index (χ1v) is 7.59. The van der Waals surface area contributed by atoms with Crippen molar-refractivity contribution >= 4 is 5.91 Å². The highest BCUT2D eigenvalue weighted by Gasteiger charge is 2.34. The number of nitrogens with two attached hydrogens (primary N) is 1. The number of nitrogens with zero attached hydrogens (tertiary/aromatic N) is 1. The minimum Gasteiger partial charge on any atom is -0.356 e. The van der Waals surface area contributed by atoms with E-state index in [4.69, 9.17) is 5.73 Å². The second kappa shape index (κ2) is 7.25. The van der Waals surface area contributed by atoms with Crippen LogP contribution in [0.25, 0.3) is 0 Å². The van der Waals surface area contributed by atoms with E-state index in [1.54, 1.807) is 0 Å². The van der Waals surface area contributed by atoms with Crippen LogP contribution in [0.4, 0.5) is 0 Å². The summed E-state index contributed by atoms with van der Waals surface area (Å²) in [5, 5.41) is 2.94. The van der Waals surface area contributed by atoms with Gasteiger partial charge in [-0.1, -0.05) is 27.7 Å². The second-order valence-corrected chi connectivity index (χ2v) is 6.79. The van der Waals surface area contributed by atoms with Crippen molar-refractivity contribution in [3.8, 4) is 0 Å². The summed E-state index contributed by atoms with van der Waals surface area (Å²) in [4.78, 5) is 14.2. The smallest absolute Gasteiger partial charge is 0.221 e. The van der Waals surface area contributed by atoms with Crippen LogP contribution in [0.2, 0.25) is 0 Å². The predicted octanol–water partition coefficient (Wildman–Crippen LogP) is 1.60. The van der Waals surface area contributed by atoms with Gasteiger partial charge in [0.05, 0.1) is 0 Å². The summed E-state index contributed by atoms with van der Waals surface area (Å²) in [7, 11) is 0. The molecule has 1 fully saturated rings. The van der Waals surface area contributed by atoms with Crippen molar-refractivity contribution in [2.75, 3.05) is 26.2 Å². The van der Waals surface area contributed by atoms with Crippen LogP contribution < -0.4 is 11.1 Å². The minimum absolute atomic E-state index is 0.136. The standard InChI is InChI=1S/C15H31N3O/c1-5-7-17-14(19)9-13(10-16)18-8-6-12(11-18)15(2,3)4/h12-13H,5-11,16H2,1-4H3,(H,17,19). The summed E-state index contributed by atoms with van der Waals surface area (Å²) in [6, 6.07) is 0.198. The summed E-state index contributed by atoms with van der Waals surface area (Å²) in [6.45, 7) is 12.4. The molecule has 0 aromatic rings. The SMILES string of the molecule is CCCNC(=O)CC(CN)N1CCC(C(C)(C)C)C1. The molecule has 1 aliphatic heterocycles. The number of rotatable bonds is 6. The Bertz CT molecular complexity index is 286. The molecule has 1 heterocycles. The van der Waals surface area contributed by atoms with Gasteiger partial charge in [-0.2, -0.15) is 0 Å². The Morgan fingerprint density at radius 3 is 2.63 bits per heavy atom. The molecule has 0 radical (unpaired) electrons. The van der Waals surface area contributed by atoms with Gasteiger partial charge in [0.25, 0.3) is 0 Å². The molecule has 3 N–H and O–H groups in total. The Kier molecular flexibility index (Phi) is 6.27. The molecule has 4 heteroatoms. The van der Waals surface area contributed by atoms with E-state index in [0.717, 1.165) is 26.1 Å². The molecular weight excluding hydrogens is 238 g/mol. The van der Waals surface area contributed by atoms with E-state index in [9.17, 15) is 4.79 Å². The number of carbonyl (C=O) groups is 1. The fourth-order valence-corrected chi connectivity index (χ4v) is 2.74. The molecule has 1 saturated heterocycles. The van der Waals surface area contributed by atoms with E-state index >= 15 is 0 Å². The van der Waals surface area contributed by atoms with Crippen LogP contribution in [0.1, 0.15) is 47.0 Å². The number of hydrogen-bond acceptors (Lipinski definition) is 3. The van der Waals surface area contributed by atoms with Gasteiger partial charge >= 0.3 is 0 Å². The highest BCUT2D eigenvalue weighted by atomic mass is 16.1. The molecule has 4 nitrogen and oxygen atoms in total. The molecule has 19 heavy (non-hydrogen) atoms. The fraction of sp³-hybridized carbons (Fsp3) is 0.933. The van der Waals surface area contributed by atoms with E-state index in [0.29, 0.717) is 24.3 Å². The summed E-state index contributed by atoms with van der Waals surface area (Å²) >= 11 is 0. The molecule has 2 unspecified atom stereocenters. The average molecular weight is 269 g/mol. The lowest BCUT2D eigenvalue weighted by Gasteiger charge is -2.30. The molecule has 0 aromatic carbocycles. The third kappa shape index (κ3) is 5.11. The normalized spacial score (nSPS) is 22.5. The first-order valence-electron chi connectivity index (χ1n) is 7.59. The highest BCUT2D eigenvalue weighted by molar-refractivity contribution is 5.76. The molecular formula is C15H31N3O. The molecule has 0 spiro atoms. The van der Waals surface area contributed by atoms with Gasteiger partial charge in [0.15, 0.2) is 0 Å². The van der Waals surface area contributed by atoms with Gasteiger partial charge in [-0.25, -0.2) is 0 Å². The van der Waals surface area contributed by atoms with Gasteiger partial charge in [-0.15, -0.1) is 0 Å². The lowest BCUT2D eigenvalue weighted by atomic mass is 9.80. The Labute approximate surface area is 118 Å². The van der Waals surface area contributed by atoms with Crippen LogP contribution >= 0.6 is 0 Å². The van der Waals surface area contributed by atoms with Crippen molar-refractivity contribution in [1.82, 2.24) is 10.2 Å². The maximum absolute atomic E-state index is 11.8. The van der Waals surface area contributed by atoms with Gasteiger partial charge in [-0.05, 0) is 30.7 Å². The Morgan fingerprint density at radius 1 is 1.47 bits per heavy atom. The van der Waals surface area contributed by atoms with Gasteiger partial charge in [0.2, 0.25) is 5.91 Å². The number of nitrogens with one attached hydrogen (secondary N) is 1. The number of carbonyl (C=O) groups excluding carboxylic acids is 1. The van der Waals surface area contributed by atoms with Gasteiger partial charge in [0, 0.05) is 32.1 Å². The van der Waals surface area contributed by atoms with Crippen molar-refractivity contribution in [3.05, 3.63) is 0 Å². The van der Waals surface area contributed by atoms with E-state index in [-0.39, 0.29) is 11.9 Å². The zero-order valence-corrected chi connectivity index (χ0v) is 13.0. The van der Waals surface area contributed by atoms with E-state index in [1.165, 1.54) is 6.42 Å². The van der Waals surface area contributed by atoms with Gasteiger partial charge in [0.1, 0.15) is 0 Å². The zero-order valence-electron chi connectivity index (χ0n) is 13.0. The monoisotopic (exact) mass is 269 g/mol. The maximum Gasteiger partial charge on any atom is 0.221 e. The van der Waals surface area contributed by atoms with E-state index in [2.05, 4.69) is 37.9 Å². The van der Waals surface area contributed by atoms with Crippen molar-refractivity contribution in [3.63, 3.8) is 0 Å². The van der Waals surface area contributed by atoms with Crippen molar-refractivity contribution < 1.29 is 4.79 Å². The molecule has 0 aromatic heterocycles. The first kappa shape index (κ1) is 16.4. The number of likely N-dealkylation sites (tertiary alicyclic amines) is 1. The quantitative estimate of drug-likeness (QED) is 0.770. The van der Waals surface area contributed by atoms with Crippen molar-refractivity contribution in [2.24, 2.45) is 17.1 Å². The van der Waals surface area contributed by atoms with Crippen LogP contribution in [0.5, 0.6) is 0 Å². The second-order valence-electron chi connectivity index (χ2n) is 6.79. The molecule has 1 rings (SSSR count). The Hall–Kier alpha value is -0.610. The Balaban J connectivity index is 2.46. The summed E-state index contributed by atoms with van der Waals surface area (Å²) < 4.78 is 0. The average Bonchev–Trinajstić information content (AvgIpc) is 2.82. The molecule has 112 valence electrons. The third-order valence-electron chi connectivity index (χ3n) is 4.23.